The van der Waals surface area contributed by atoms with Crippen molar-refractivity contribution in [1.82, 2.24) is 0 Å². The summed E-state index contributed by atoms with van der Waals surface area (Å²) >= 11 is 5.85. The lowest BCUT2D eigenvalue weighted by molar-refractivity contribution is -0.146. The van der Waals surface area contributed by atoms with Crippen LogP contribution >= 0.6 is 11.6 Å². The van der Waals surface area contributed by atoms with Crippen LogP contribution in [0.1, 0.15) is 27.2 Å². The number of carbonyl (C=O) groups is 1. The number of allylic oxidation sites excluding steroid dienone is 1. The molecule has 12 heavy (non-hydrogen) atoms. The Morgan fingerprint density at radius 1 is 1.75 bits per heavy atom. The molecule has 1 heterocycles. The van der Waals surface area contributed by atoms with E-state index in [-0.39, 0.29) is 17.5 Å². The molecule has 1 aliphatic rings. The summed E-state index contributed by atoms with van der Waals surface area (Å²) in [5.74, 6) is -0.160. The van der Waals surface area contributed by atoms with Gasteiger partial charge in [-0.15, -0.1) is 0 Å². The largest absolute Gasteiger partial charge is 0.456 e. The van der Waals surface area contributed by atoms with Crippen LogP contribution in [0.2, 0.25) is 0 Å². The quantitative estimate of drug-likeness (QED) is 0.591. The molecular weight excluding hydrogens is 176 g/mol. The van der Waals surface area contributed by atoms with Crippen molar-refractivity contribution in [2.24, 2.45) is 5.41 Å². The van der Waals surface area contributed by atoms with Gasteiger partial charge in [0.2, 0.25) is 0 Å². The van der Waals surface area contributed by atoms with E-state index >= 15 is 0 Å². The molecular formula is C9H13ClO2. The number of halogens is 1. The molecule has 0 amide bonds. The van der Waals surface area contributed by atoms with Crippen LogP contribution in [0.25, 0.3) is 0 Å². The highest BCUT2D eigenvalue weighted by Crippen LogP contribution is 2.36. The molecule has 0 bridgehead atoms. The Morgan fingerprint density at radius 2 is 2.33 bits per heavy atom. The minimum absolute atomic E-state index is 0.160. The van der Waals surface area contributed by atoms with E-state index in [2.05, 4.69) is 0 Å². The lowest BCUT2D eigenvalue weighted by atomic mass is 9.90. The Hall–Kier alpha value is -0.500. The van der Waals surface area contributed by atoms with Crippen molar-refractivity contribution in [2.45, 2.75) is 33.3 Å². The Morgan fingerprint density at radius 3 is 2.67 bits per heavy atom. The summed E-state index contributed by atoms with van der Waals surface area (Å²) in [5.41, 5.74) is -0.381. The van der Waals surface area contributed by atoms with Crippen LogP contribution in [0.5, 0.6) is 0 Å². The maximum Gasteiger partial charge on any atom is 0.312 e. The number of ether oxygens (including phenoxy) is 1. The average Bonchev–Trinajstić information content (AvgIpc) is 2.25. The first-order chi connectivity index (χ1) is 5.47. The molecule has 0 N–H and O–H groups in total. The second kappa shape index (κ2) is 3.09. The molecule has 0 aliphatic carbocycles. The Labute approximate surface area is 77.5 Å². The number of cyclic esters (lactones) is 1. The van der Waals surface area contributed by atoms with Crippen LogP contribution in [-0.4, -0.2) is 12.1 Å². The van der Waals surface area contributed by atoms with E-state index in [1.54, 1.807) is 6.08 Å². The van der Waals surface area contributed by atoms with Gasteiger partial charge in [-0.05, 0) is 20.8 Å². The van der Waals surface area contributed by atoms with Gasteiger partial charge < -0.3 is 4.74 Å². The highest BCUT2D eigenvalue weighted by atomic mass is 35.5. The van der Waals surface area contributed by atoms with Gasteiger partial charge in [-0.3, -0.25) is 4.79 Å². The third kappa shape index (κ3) is 1.63. The first-order valence-corrected chi connectivity index (χ1v) is 4.38. The predicted molar refractivity (Wildman–Crippen MR) is 47.9 cm³/mol. The normalized spacial score (nSPS) is 28.8. The maximum absolute atomic E-state index is 11.2. The van der Waals surface area contributed by atoms with Crippen molar-refractivity contribution in [3.63, 3.8) is 0 Å². The van der Waals surface area contributed by atoms with Crippen molar-refractivity contribution in [3.05, 3.63) is 11.1 Å². The SMILES string of the molecule is C/C=C(\Cl)C1CC(C)(C)C(=O)O1. The van der Waals surface area contributed by atoms with Crippen LogP contribution < -0.4 is 0 Å². The zero-order chi connectivity index (χ0) is 9.35. The monoisotopic (exact) mass is 188 g/mol. The van der Waals surface area contributed by atoms with Crippen molar-refractivity contribution in [2.75, 3.05) is 0 Å². The van der Waals surface area contributed by atoms with Crippen LogP contribution in [-0.2, 0) is 9.53 Å². The molecule has 1 atom stereocenters. The number of hydrogen-bond acceptors (Lipinski definition) is 2. The van der Waals surface area contributed by atoms with E-state index in [0.717, 1.165) is 0 Å². The minimum atomic E-state index is -0.381. The van der Waals surface area contributed by atoms with Gasteiger partial charge >= 0.3 is 5.97 Å². The fourth-order valence-electron chi connectivity index (χ4n) is 1.22. The smallest absolute Gasteiger partial charge is 0.312 e. The Bertz CT molecular complexity index is 231. The molecule has 0 aromatic heterocycles. The molecule has 0 spiro atoms. The van der Waals surface area contributed by atoms with Crippen LogP contribution in [0.15, 0.2) is 11.1 Å². The first kappa shape index (κ1) is 9.59. The molecule has 0 aromatic carbocycles. The average molecular weight is 189 g/mol. The standard InChI is InChI=1S/C9H13ClO2/c1-4-6(10)7-5-9(2,3)8(11)12-7/h4,7H,5H2,1-3H3/b6-4-. The fraction of sp³-hybridized carbons (Fsp3) is 0.667. The van der Waals surface area contributed by atoms with Gasteiger partial charge in [0.15, 0.2) is 0 Å². The van der Waals surface area contributed by atoms with Crippen molar-refractivity contribution >= 4 is 17.6 Å². The molecule has 0 saturated carbocycles. The van der Waals surface area contributed by atoms with Gasteiger partial charge in [-0.1, -0.05) is 17.7 Å². The van der Waals surface area contributed by atoms with Crippen molar-refractivity contribution in [3.8, 4) is 0 Å². The van der Waals surface area contributed by atoms with Gasteiger partial charge in [0.25, 0.3) is 0 Å². The van der Waals surface area contributed by atoms with Crippen LogP contribution in [0, 0.1) is 5.41 Å². The van der Waals surface area contributed by atoms with E-state index in [4.69, 9.17) is 16.3 Å². The number of rotatable bonds is 1. The number of carbonyl (C=O) groups excluding carboxylic acids is 1. The minimum Gasteiger partial charge on any atom is -0.456 e. The molecule has 3 heteroatoms. The number of esters is 1. The second-order valence-corrected chi connectivity index (χ2v) is 4.09. The van der Waals surface area contributed by atoms with Crippen molar-refractivity contribution < 1.29 is 9.53 Å². The van der Waals surface area contributed by atoms with Crippen LogP contribution in [0.4, 0.5) is 0 Å². The van der Waals surface area contributed by atoms with Crippen LogP contribution in [0.3, 0.4) is 0 Å². The molecule has 1 saturated heterocycles. The van der Waals surface area contributed by atoms with Gasteiger partial charge in [0.1, 0.15) is 6.10 Å². The molecule has 1 aliphatic heterocycles. The summed E-state index contributed by atoms with van der Waals surface area (Å²) in [6.07, 6.45) is 2.22. The number of hydrogen-bond donors (Lipinski definition) is 0. The fourth-order valence-corrected chi connectivity index (χ4v) is 1.34. The summed E-state index contributed by atoms with van der Waals surface area (Å²) in [6.45, 7) is 5.58. The van der Waals surface area contributed by atoms with Gasteiger partial charge in [0, 0.05) is 6.42 Å². The van der Waals surface area contributed by atoms with E-state index in [1.165, 1.54) is 0 Å². The highest BCUT2D eigenvalue weighted by Gasteiger charge is 2.42. The lowest BCUT2D eigenvalue weighted by Crippen LogP contribution is -2.16. The molecule has 0 aromatic rings. The summed E-state index contributed by atoms with van der Waals surface area (Å²) in [4.78, 5) is 11.2. The van der Waals surface area contributed by atoms with Gasteiger partial charge in [-0.25, -0.2) is 0 Å². The Kier molecular flexibility index (Phi) is 2.47. The van der Waals surface area contributed by atoms with E-state index in [0.29, 0.717) is 11.5 Å². The van der Waals surface area contributed by atoms with E-state index < -0.39 is 0 Å². The molecule has 0 radical (unpaired) electrons. The molecule has 2 nitrogen and oxygen atoms in total. The van der Waals surface area contributed by atoms with Gasteiger partial charge in [-0.2, -0.15) is 0 Å². The third-order valence-electron chi connectivity index (χ3n) is 2.08. The zero-order valence-corrected chi connectivity index (χ0v) is 8.31. The van der Waals surface area contributed by atoms with Crippen molar-refractivity contribution in [1.29, 1.82) is 0 Å². The second-order valence-electron chi connectivity index (χ2n) is 3.66. The van der Waals surface area contributed by atoms with Gasteiger partial charge in [0.05, 0.1) is 10.4 Å². The van der Waals surface area contributed by atoms with E-state index in [9.17, 15) is 4.79 Å². The lowest BCUT2D eigenvalue weighted by Gasteiger charge is -2.09. The molecule has 68 valence electrons. The van der Waals surface area contributed by atoms with E-state index in [1.807, 2.05) is 20.8 Å². The summed E-state index contributed by atoms with van der Waals surface area (Å²) in [7, 11) is 0. The first-order valence-electron chi connectivity index (χ1n) is 4.00. The third-order valence-corrected chi connectivity index (χ3v) is 2.54. The predicted octanol–water partition coefficient (Wildman–Crippen LogP) is 2.47. The Balaban J connectivity index is 2.74. The topological polar surface area (TPSA) is 26.3 Å². The summed E-state index contributed by atoms with van der Waals surface area (Å²) < 4.78 is 5.09. The zero-order valence-electron chi connectivity index (χ0n) is 7.56. The molecule has 1 fully saturated rings. The summed E-state index contributed by atoms with van der Waals surface area (Å²) in [6, 6.07) is 0. The molecule has 1 unspecified atom stereocenters. The molecule has 1 rings (SSSR count). The summed E-state index contributed by atoms with van der Waals surface area (Å²) in [5, 5.41) is 0.619. The highest BCUT2D eigenvalue weighted by molar-refractivity contribution is 6.30. The maximum atomic E-state index is 11.2.